The van der Waals surface area contributed by atoms with Crippen LogP contribution in [0.4, 0.5) is 0 Å². The van der Waals surface area contributed by atoms with Crippen molar-refractivity contribution in [3.05, 3.63) is 47.5 Å². The second kappa shape index (κ2) is 5.77. The summed E-state index contributed by atoms with van der Waals surface area (Å²) in [7, 11) is 0. The van der Waals surface area contributed by atoms with E-state index in [2.05, 4.69) is 6.58 Å². The summed E-state index contributed by atoms with van der Waals surface area (Å²) in [5, 5.41) is 18.0. The van der Waals surface area contributed by atoms with E-state index in [1.807, 2.05) is 0 Å². The van der Waals surface area contributed by atoms with E-state index >= 15 is 0 Å². The number of benzene rings is 1. The molecule has 0 radical (unpaired) electrons. The van der Waals surface area contributed by atoms with E-state index in [9.17, 15) is 14.4 Å². The Balaban J connectivity index is 3.14. The molecule has 0 aromatic heterocycles. The Bertz CT molecular complexity index is 516. The fourth-order valence-corrected chi connectivity index (χ4v) is 1.60. The van der Waals surface area contributed by atoms with Gasteiger partial charge in [-0.05, 0) is 24.1 Å². The van der Waals surface area contributed by atoms with Crippen molar-refractivity contribution in [1.29, 1.82) is 0 Å². The predicted molar refractivity (Wildman–Crippen MR) is 63.9 cm³/mol. The average Bonchev–Trinajstić information content (AvgIpc) is 2.34. The molecule has 0 bridgehead atoms. The molecule has 5 nitrogen and oxygen atoms in total. The van der Waals surface area contributed by atoms with Crippen molar-refractivity contribution in [2.75, 3.05) is 0 Å². The summed E-state index contributed by atoms with van der Waals surface area (Å²) >= 11 is 0. The third kappa shape index (κ3) is 3.04. The van der Waals surface area contributed by atoms with Gasteiger partial charge in [-0.3, -0.25) is 4.79 Å². The minimum Gasteiger partial charge on any atom is -0.478 e. The number of aromatic carboxylic acids is 2. The van der Waals surface area contributed by atoms with Crippen molar-refractivity contribution < 1.29 is 24.6 Å². The molecule has 0 spiro atoms. The summed E-state index contributed by atoms with van der Waals surface area (Å²) in [6.45, 7) is 3.32. The molecule has 0 aliphatic rings. The molecule has 0 atom stereocenters. The van der Waals surface area contributed by atoms with Gasteiger partial charge in [0, 0.05) is 6.42 Å². The summed E-state index contributed by atoms with van der Waals surface area (Å²) in [4.78, 5) is 33.1. The smallest absolute Gasteiger partial charge is 0.336 e. The number of carbonyl (C=O) groups excluding carboxylic acids is 1. The molecule has 0 aliphatic heterocycles. The standard InChI is InChI=1S/C13H12O5/c1-2-9(14)7-6-8-4-3-5-10(12(15)16)11(8)13(17)18/h2-5H,1,6-7H2,(H,15,16)(H,17,18). The number of carbonyl (C=O) groups is 3. The second-order valence-corrected chi connectivity index (χ2v) is 3.62. The van der Waals surface area contributed by atoms with Gasteiger partial charge in [-0.15, -0.1) is 0 Å². The molecule has 94 valence electrons. The molecule has 0 aliphatic carbocycles. The number of rotatable bonds is 6. The van der Waals surface area contributed by atoms with Crippen LogP contribution in [0, 0.1) is 0 Å². The lowest BCUT2D eigenvalue weighted by molar-refractivity contribution is -0.114. The molecule has 0 amide bonds. The molecule has 0 unspecified atom stereocenters. The van der Waals surface area contributed by atoms with E-state index in [4.69, 9.17) is 10.2 Å². The van der Waals surface area contributed by atoms with Crippen LogP contribution in [0.5, 0.6) is 0 Å². The van der Waals surface area contributed by atoms with E-state index in [1.165, 1.54) is 18.2 Å². The number of hydrogen-bond donors (Lipinski definition) is 2. The summed E-state index contributed by atoms with van der Waals surface area (Å²) in [5.41, 5.74) is -0.203. The molecule has 0 heterocycles. The number of aryl methyl sites for hydroxylation is 1. The molecule has 0 saturated carbocycles. The van der Waals surface area contributed by atoms with Crippen LogP contribution in [0.3, 0.4) is 0 Å². The van der Waals surface area contributed by atoms with Crippen molar-refractivity contribution in [3.63, 3.8) is 0 Å². The van der Waals surface area contributed by atoms with Gasteiger partial charge in [0.2, 0.25) is 0 Å². The van der Waals surface area contributed by atoms with Gasteiger partial charge in [0.1, 0.15) is 0 Å². The summed E-state index contributed by atoms with van der Waals surface area (Å²) < 4.78 is 0. The Labute approximate surface area is 103 Å². The molecular weight excluding hydrogens is 236 g/mol. The molecule has 0 fully saturated rings. The first-order valence-electron chi connectivity index (χ1n) is 5.21. The maximum Gasteiger partial charge on any atom is 0.336 e. The van der Waals surface area contributed by atoms with E-state index in [-0.39, 0.29) is 29.8 Å². The first kappa shape index (κ1) is 13.6. The monoisotopic (exact) mass is 248 g/mol. The van der Waals surface area contributed by atoms with E-state index in [1.54, 1.807) is 0 Å². The highest BCUT2D eigenvalue weighted by molar-refractivity contribution is 6.02. The lowest BCUT2D eigenvalue weighted by Crippen LogP contribution is -2.12. The van der Waals surface area contributed by atoms with Crippen LogP contribution in [0.2, 0.25) is 0 Å². The van der Waals surface area contributed by atoms with Gasteiger partial charge in [0.25, 0.3) is 0 Å². The summed E-state index contributed by atoms with van der Waals surface area (Å²) in [6, 6.07) is 4.19. The Morgan fingerprint density at radius 1 is 1.17 bits per heavy atom. The van der Waals surface area contributed by atoms with E-state index < -0.39 is 11.9 Å². The predicted octanol–water partition coefficient (Wildman–Crippen LogP) is 1.77. The van der Waals surface area contributed by atoms with E-state index in [0.29, 0.717) is 5.56 Å². The van der Waals surface area contributed by atoms with Crippen LogP contribution in [-0.2, 0) is 11.2 Å². The number of hydrogen-bond acceptors (Lipinski definition) is 3. The third-order valence-corrected chi connectivity index (χ3v) is 2.46. The maximum atomic E-state index is 11.1. The molecular formula is C13H12O5. The van der Waals surface area contributed by atoms with Gasteiger partial charge in [0.05, 0.1) is 11.1 Å². The molecule has 1 rings (SSSR count). The van der Waals surface area contributed by atoms with Gasteiger partial charge >= 0.3 is 11.9 Å². The maximum absolute atomic E-state index is 11.1. The largest absolute Gasteiger partial charge is 0.478 e. The molecule has 18 heavy (non-hydrogen) atoms. The summed E-state index contributed by atoms with van der Waals surface area (Å²) in [6.07, 6.45) is 1.43. The highest BCUT2D eigenvalue weighted by atomic mass is 16.4. The normalized spacial score (nSPS) is 9.78. The van der Waals surface area contributed by atoms with Crippen molar-refractivity contribution in [1.82, 2.24) is 0 Å². The Hall–Kier alpha value is -2.43. The number of carboxylic acid groups (broad SMARTS) is 2. The molecule has 1 aromatic rings. The van der Waals surface area contributed by atoms with Gasteiger partial charge in [-0.1, -0.05) is 18.7 Å². The Morgan fingerprint density at radius 2 is 1.83 bits per heavy atom. The fourth-order valence-electron chi connectivity index (χ4n) is 1.60. The molecule has 5 heteroatoms. The molecule has 1 aromatic carbocycles. The topological polar surface area (TPSA) is 91.7 Å². The second-order valence-electron chi connectivity index (χ2n) is 3.62. The lowest BCUT2D eigenvalue weighted by Gasteiger charge is -2.08. The number of allylic oxidation sites excluding steroid dienone is 1. The highest BCUT2D eigenvalue weighted by Gasteiger charge is 2.19. The Morgan fingerprint density at radius 3 is 2.33 bits per heavy atom. The van der Waals surface area contributed by atoms with Crippen LogP contribution < -0.4 is 0 Å². The third-order valence-electron chi connectivity index (χ3n) is 2.46. The van der Waals surface area contributed by atoms with Crippen molar-refractivity contribution in [3.8, 4) is 0 Å². The van der Waals surface area contributed by atoms with Crippen molar-refractivity contribution >= 4 is 17.7 Å². The fraction of sp³-hybridized carbons (Fsp3) is 0.154. The van der Waals surface area contributed by atoms with Crippen LogP contribution >= 0.6 is 0 Å². The quantitative estimate of drug-likeness (QED) is 0.748. The minimum absolute atomic E-state index is 0.104. The van der Waals surface area contributed by atoms with Crippen LogP contribution in [-0.4, -0.2) is 27.9 Å². The first-order chi connectivity index (χ1) is 8.47. The van der Waals surface area contributed by atoms with Crippen LogP contribution in [0.15, 0.2) is 30.9 Å². The highest BCUT2D eigenvalue weighted by Crippen LogP contribution is 2.17. The zero-order valence-corrected chi connectivity index (χ0v) is 9.55. The molecule has 2 N–H and O–H groups in total. The minimum atomic E-state index is -1.31. The van der Waals surface area contributed by atoms with Gasteiger partial charge in [-0.25, -0.2) is 9.59 Å². The van der Waals surface area contributed by atoms with E-state index in [0.717, 1.165) is 6.08 Å². The van der Waals surface area contributed by atoms with Crippen molar-refractivity contribution in [2.24, 2.45) is 0 Å². The SMILES string of the molecule is C=CC(=O)CCc1cccc(C(=O)O)c1C(=O)O. The van der Waals surface area contributed by atoms with Gasteiger partial charge in [-0.2, -0.15) is 0 Å². The van der Waals surface area contributed by atoms with Crippen LogP contribution in [0.25, 0.3) is 0 Å². The zero-order chi connectivity index (χ0) is 13.7. The summed E-state index contributed by atoms with van der Waals surface area (Å²) in [5.74, 6) is -2.83. The number of ketones is 1. The Kier molecular flexibility index (Phi) is 4.37. The first-order valence-corrected chi connectivity index (χ1v) is 5.21. The van der Waals surface area contributed by atoms with Gasteiger partial charge in [0.15, 0.2) is 5.78 Å². The molecule has 0 saturated heterocycles. The average molecular weight is 248 g/mol. The van der Waals surface area contributed by atoms with Crippen molar-refractivity contribution in [2.45, 2.75) is 12.8 Å². The van der Waals surface area contributed by atoms with Gasteiger partial charge < -0.3 is 10.2 Å². The lowest BCUT2D eigenvalue weighted by atomic mass is 9.97. The van der Waals surface area contributed by atoms with Crippen LogP contribution in [0.1, 0.15) is 32.7 Å². The number of carboxylic acids is 2. The zero-order valence-electron chi connectivity index (χ0n) is 9.55.